The van der Waals surface area contributed by atoms with Gasteiger partial charge in [-0.25, -0.2) is 9.31 Å². The molecule has 3 N–H and O–H groups in total. The third kappa shape index (κ3) is 4.30. The molecule has 0 saturated carbocycles. The third-order valence-electron chi connectivity index (χ3n) is 4.66. The number of nitrogens with zero attached hydrogens (tertiary/aromatic N) is 3. The van der Waals surface area contributed by atoms with Gasteiger partial charge in [-0.15, -0.1) is 0 Å². The molecule has 2 heterocycles. The number of hydrogen-bond acceptors (Lipinski definition) is 6. The number of benzene rings is 2. The summed E-state index contributed by atoms with van der Waals surface area (Å²) in [7, 11) is 1.51. The average Bonchev–Trinajstić information content (AvgIpc) is 3.13. The molecule has 2 aromatic heterocycles. The molecule has 0 atom stereocenters. The van der Waals surface area contributed by atoms with E-state index in [1.165, 1.54) is 17.8 Å². The normalized spacial score (nSPS) is 10.5. The van der Waals surface area contributed by atoms with Crippen molar-refractivity contribution in [1.82, 2.24) is 9.61 Å². The first-order valence-corrected chi connectivity index (χ1v) is 9.61. The van der Waals surface area contributed by atoms with Crippen molar-refractivity contribution in [1.29, 1.82) is 5.26 Å². The lowest BCUT2D eigenvalue weighted by atomic mass is 10.1. The van der Waals surface area contributed by atoms with E-state index in [0.29, 0.717) is 39.5 Å². The Morgan fingerprint density at radius 3 is 2.53 bits per heavy atom. The molecule has 0 fully saturated rings. The van der Waals surface area contributed by atoms with Gasteiger partial charge in [-0.3, -0.25) is 5.32 Å². The lowest BCUT2D eigenvalue weighted by molar-refractivity contribution is 0.186. The standard InChI is InChI=1S/C23H19N5O4/c1-31-14-19-20(27-23(29)30)13-28-22(19)21(15(11-24)12-25-28)26-16-7-9-18(10-8-16)32-17-5-3-2-4-6-17/h2-10,12-13,26-27H,14H2,1H3,(H,29,30). The van der Waals surface area contributed by atoms with Gasteiger partial charge < -0.3 is 19.9 Å². The van der Waals surface area contributed by atoms with Gasteiger partial charge in [0, 0.05) is 18.4 Å². The Hall–Kier alpha value is -4.55. The highest BCUT2D eigenvalue weighted by molar-refractivity contribution is 5.92. The third-order valence-corrected chi connectivity index (χ3v) is 4.66. The predicted molar refractivity (Wildman–Crippen MR) is 119 cm³/mol. The highest BCUT2D eigenvalue weighted by atomic mass is 16.5. The van der Waals surface area contributed by atoms with Crippen molar-refractivity contribution in [3.05, 3.63) is 78.1 Å². The molecule has 0 radical (unpaired) electrons. The Kier molecular flexibility index (Phi) is 5.87. The minimum absolute atomic E-state index is 0.126. The summed E-state index contributed by atoms with van der Waals surface area (Å²) in [5.41, 5.74) is 2.94. The largest absolute Gasteiger partial charge is 0.465 e. The van der Waals surface area contributed by atoms with Crippen molar-refractivity contribution in [3.63, 3.8) is 0 Å². The summed E-state index contributed by atoms with van der Waals surface area (Å²) in [6.07, 6.45) is 1.76. The minimum atomic E-state index is -1.21. The molecule has 4 aromatic rings. The molecular weight excluding hydrogens is 410 g/mol. The zero-order valence-corrected chi connectivity index (χ0v) is 17.1. The Balaban J connectivity index is 1.70. The number of amides is 1. The van der Waals surface area contributed by atoms with E-state index < -0.39 is 6.09 Å². The highest BCUT2D eigenvalue weighted by Crippen LogP contribution is 2.34. The van der Waals surface area contributed by atoms with Gasteiger partial charge in [0.2, 0.25) is 0 Å². The number of nitriles is 1. The molecule has 2 aromatic carbocycles. The fourth-order valence-corrected chi connectivity index (χ4v) is 3.30. The summed E-state index contributed by atoms with van der Waals surface area (Å²) in [5, 5.41) is 28.6. The van der Waals surface area contributed by atoms with Crippen LogP contribution in [0.25, 0.3) is 5.52 Å². The quantitative estimate of drug-likeness (QED) is 0.379. The lowest BCUT2D eigenvalue weighted by Gasteiger charge is -2.13. The van der Waals surface area contributed by atoms with Crippen LogP contribution in [0.15, 0.2) is 67.0 Å². The van der Waals surface area contributed by atoms with Crippen LogP contribution in [0.4, 0.5) is 21.9 Å². The van der Waals surface area contributed by atoms with Crippen LogP contribution in [0.1, 0.15) is 11.1 Å². The van der Waals surface area contributed by atoms with Crippen molar-refractivity contribution in [3.8, 4) is 17.6 Å². The number of anilines is 3. The first-order chi connectivity index (χ1) is 15.6. The molecule has 0 aliphatic rings. The van der Waals surface area contributed by atoms with Crippen LogP contribution in [0.2, 0.25) is 0 Å². The van der Waals surface area contributed by atoms with Gasteiger partial charge in [0.25, 0.3) is 0 Å². The van der Waals surface area contributed by atoms with Crippen molar-refractivity contribution in [2.75, 3.05) is 17.7 Å². The van der Waals surface area contributed by atoms with Crippen molar-refractivity contribution in [2.24, 2.45) is 0 Å². The fraction of sp³-hybridized carbons (Fsp3) is 0.0870. The summed E-state index contributed by atoms with van der Waals surface area (Å²) in [4.78, 5) is 11.2. The molecule has 9 heteroatoms. The summed E-state index contributed by atoms with van der Waals surface area (Å²) >= 11 is 0. The van der Waals surface area contributed by atoms with Crippen molar-refractivity contribution >= 4 is 28.7 Å². The molecule has 9 nitrogen and oxygen atoms in total. The highest BCUT2D eigenvalue weighted by Gasteiger charge is 2.19. The van der Waals surface area contributed by atoms with Crippen LogP contribution in [0, 0.1) is 11.3 Å². The van der Waals surface area contributed by atoms with Crippen LogP contribution in [-0.4, -0.2) is 27.9 Å². The van der Waals surface area contributed by atoms with Crippen LogP contribution in [0.3, 0.4) is 0 Å². The number of aromatic nitrogens is 2. The van der Waals surface area contributed by atoms with Crippen molar-refractivity contribution < 1.29 is 19.4 Å². The number of nitrogens with one attached hydrogen (secondary N) is 2. The summed E-state index contributed by atoms with van der Waals surface area (Å²) in [5.74, 6) is 1.39. The van der Waals surface area contributed by atoms with E-state index in [0.717, 1.165) is 5.75 Å². The number of rotatable bonds is 7. The SMILES string of the molecule is COCc1c(NC(=O)O)cn2ncc(C#N)c(Nc3ccc(Oc4ccccc4)cc3)c12. The van der Waals surface area contributed by atoms with Gasteiger partial charge >= 0.3 is 6.09 Å². The van der Waals surface area contributed by atoms with Gasteiger partial charge in [-0.2, -0.15) is 10.4 Å². The van der Waals surface area contributed by atoms with E-state index in [9.17, 15) is 10.1 Å². The van der Waals surface area contributed by atoms with E-state index in [1.807, 2.05) is 54.6 Å². The van der Waals surface area contributed by atoms with Crippen LogP contribution in [-0.2, 0) is 11.3 Å². The molecule has 4 rings (SSSR count). The first kappa shape index (κ1) is 20.7. The number of carboxylic acid groups (broad SMARTS) is 1. The number of fused-ring (bicyclic) bond motifs is 1. The number of methoxy groups -OCH3 is 1. The number of ether oxygens (including phenoxy) is 2. The molecule has 0 unspecified atom stereocenters. The second-order valence-corrected chi connectivity index (χ2v) is 6.79. The maximum Gasteiger partial charge on any atom is 0.409 e. The van der Waals surface area contributed by atoms with E-state index in [4.69, 9.17) is 14.6 Å². The molecule has 160 valence electrons. The molecule has 0 aliphatic carbocycles. The molecule has 0 aliphatic heterocycles. The van der Waals surface area contributed by atoms with E-state index in [-0.39, 0.29) is 6.61 Å². The first-order valence-electron chi connectivity index (χ1n) is 9.61. The second kappa shape index (κ2) is 9.07. The monoisotopic (exact) mass is 429 g/mol. The van der Waals surface area contributed by atoms with Crippen LogP contribution in [0.5, 0.6) is 11.5 Å². The van der Waals surface area contributed by atoms with Crippen LogP contribution < -0.4 is 15.4 Å². The van der Waals surface area contributed by atoms with Gasteiger partial charge in [0.05, 0.1) is 41.5 Å². The molecule has 1 amide bonds. The van der Waals surface area contributed by atoms with Gasteiger partial charge in [0.1, 0.15) is 17.6 Å². The molecule has 0 bridgehead atoms. The molecule has 32 heavy (non-hydrogen) atoms. The summed E-state index contributed by atoms with van der Waals surface area (Å²) < 4.78 is 12.6. The lowest BCUT2D eigenvalue weighted by Crippen LogP contribution is -2.08. The zero-order chi connectivity index (χ0) is 22.5. The molecule has 0 spiro atoms. The topological polar surface area (TPSA) is 121 Å². The van der Waals surface area contributed by atoms with Gasteiger partial charge in [-0.1, -0.05) is 18.2 Å². The fourth-order valence-electron chi connectivity index (χ4n) is 3.30. The predicted octanol–water partition coefficient (Wildman–Crippen LogP) is 4.98. The van der Waals surface area contributed by atoms with Crippen LogP contribution >= 0.6 is 0 Å². The van der Waals surface area contributed by atoms with Gasteiger partial charge in [0.15, 0.2) is 0 Å². The Morgan fingerprint density at radius 1 is 1.16 bits per heavy atom. The maximum atomic E-state index is 11.2. The Labute approximate surface area is 183 Å². The number of hydrogen-bond donors (Lipinski definition) is 3. The Bertz CT molecular complexity index is 1290. The van der Waals surface area contributed by atoms with E-state index in [1.54, 1.807) is 6.20 Å². The van der Waals surface area contributed by atoms with Crippen molar-refractivity contribution in [2.45, 2.75) is 6.61 Å². The average molecular weight is 429 g/mol. The van der Waals surface area contributed by atoms with E-state index in [2.05, 4.69) is 21.8 Å². The number of para-hydroxylation sites is 1. The summed E-state index contributed by atoms with van der Waals surface area (Å²) in [6, 6.07) is 18.8. The second-order valence-electron chi connectivity index (χ2n) is 6.79. The number of carbonyl (C=O) groups is 1. The van der Waals surface area contributed by atoms with E-state index >= 15 is 0 Å². The minimum Gasteiger partial charge on any atom is -0.465 e. The van der Waals surface area contributed by atoms with Gasteiger partial charge in [-0.05, 0) is 36.4 Å². The molecular formula is C23H19N5O4. The maximum absolute atomic E-state index is 11.2. The smallest absolute Gasteiger partial charge is 0.409 e. The molecule has 0 saturated heterocycles. The summed E-state index contributed by atoms with van der Waals surface area (Å²) in [6.45, 7) is 0.126. The zero-order valence-electron chi connectivity index (χ0n) is 17.1. The Morgan fingerprint density at radius 2 is 1.88 bits per heavy atom.